The second kappa shape index (κ2) is 6.94. The lowest BCUT2D eigenvalue weighted by atomic mass is 10.1. The number of hydrogen-bond acceptors (Lipinski definition) is 5. The van der Waals surface area contributed by atoms with Crippen LogP contribution in [0.1, 0.15) is 37.8 Å². The van der Waals surface area contributed by atoms with Crippen molar-refractivity contribution >= 4 is 0 Å². The van der Waals surface area contributed by atoms with Crippen molar-refractivity contribution in [2.75, 3.05) is 6.54 Å². The molecule has 0 aromatic carbocycles. The van der Waals surface area contributed by atoms with Crippen LogP contribution in [-0.2, 0) is 13.0 Å². The third-order valence-electron chi connectivity index (χ3n) is 2.93. The Bertz CT molecular complexity index is 481. The van der Waals surface area contributed by atoms with Gasteiger partial charge in [0.25, 0.3) is 0 Å². The van der Waals surface area contributed by atoms with Gasteiger partial charge in [-0.25, -0.2) is 15.0 Å². The van der Waals surface area contributed by atoms with Gasteiger partial charge in [-0.2, -0.15) is 5.10 Å². The average molecular weight is 260 g/mol. The Hall–Kier alpha value is -1.82. The van der Waals surface area contributed by atoms with Gasteiger partial charge in [-0.1, -0.05) is 13.8 Å². The fraction of sp³-hybridized carbons (Fsp3) is 0.538. The van der Waals surface area contributed by atoms with Crippen molar-refractivity contribution in [2.24, 2.45) is 0 Å². The van der Waals surface area contributed by atoms with Gasteiger partial charge in [-0.05, 0) is 19.0 Å². The SMILES string of the molecule is CCCn1ncnc1CC(NCC)c1ccncn1. The lowest BCUT2D eigenvalue weighted by molar-refractivity contribution is 0.490. The Morgan fingerprint density at radius 3 is 2.84 bits per heavy atom. The second-order valence-corrected chi connectivity index (χ2v) is 4.35. The molecule has 0 aliphatic heterocycles. The van der Waals surface area contributed by atoms with E-state index in [1.54, 1.807) is 18.9 Å². The molecule has 1 atom stereocenters. The van der Waals surface area contributed by atoms with Crippen LogP contribution in [0.4, 0.5) is 0 Å². The van der Waals surface area contributed by atoms with Crippen molar-refractivity contribution in [3.8, 4) is 0 Å². The summed E-state index contributed by atoms with van der Waals surface area (Å²) in [7, 11) is 0. The summed E-state index contributed by atoms with van der Waals surface area (Å²) in [5, 5.41) is 7.69. The first-order chi connectivity index (χ1) is 9.35. The molecular weight excluding hydrogens is 240 g/mol. The maximum Gasteiger partial charge on any atom is 0.138 e. The first kappa shape index (κ1) is 13.6. The van der Waals surface area contributed by atoms with Crippen LogP contribution in [0.3, 0.4) is 0 Å². The molecule has 0 bridgehead atoms. The Morgan fingerprint density at radius 1 is 1.26 bits per heavy atom. The number of likely N-dealkylation sites (N-methyl/N-ethyl adjacent to an activating group) is 1. The number of aromatic nitrogens is 5. The van der Waals surface area contributed by atoms with Gasteiger partial charge in [-0.15, -0.1) is 0 Å². The molecule has 6 nitrogen and oxygen atoms in total. The summed E-state index contributed by atoms with van der Waals surface area (Å²) in [6.45, 7) is 6.01. The predicted molar refractivity (Wildman–Crippen MR) is 72.5 cm³/mol. The van der Waals surface area contributed by atoms with Gasteiger partial charge in [0.15, 0.2) is 0 Å². The molecule has 1 N–H and O–H groups in total. The monoisotopic (exact) mass is 260 g/mol. The lowest BCUT2D eigenvalue weighted by Crippen LogP contribution is -2.25. The van der Waals surface area contributed by atoms with E-state index >= 15 is 0 Å². The summed E-state index contributed by atoms with van der Waals surface area (Å²) in [5.74, 6) is 0.992. The van der Waals surface area contributed by atoms with Gasteiger partial charge in [0.2, 0.25) is 0 Å². The van der Waals surface area contributed by atoms with E-state index in [9.17, 15) is 0 Å². The molecule has 0 saturated carbocycles. The minimum absolute atomic E-state index is 0.146. The molecule has 2 rings (SSSR count). The summed E-state index contributed by atoms with van der Waals surface area (Å²) < 4.78 is 1.96. The van der Waals surface area contributed by atoms with Crippen LogP contribution in [-0.4, -0.2) is 31.3 Å². The topological polar surface area (TPSA) is 68.5 Å². The van der Waals surface area contributed by atoms with Crippen LogP contribution >= 0.6 is 0 Å². The third kappa shape index (κ3) is 3.57. The highest BCUT2D eigenvalue weighted by molar-refractivity contribution is 5.07. The Kier molecular flexibility index (Phi) is 4.97. The van der Waals surface area contributed by atoms with Crippen molar-refractivity contribution in [1.82, 2.24) is 30.0 Å². The molecule has 0 aliphatic carbocycles. The largest absolute Gasteiger partial charge is 0.309 e. The van der Waals surface area contributed by atoms with E-state index in [2.05, 4.69) is 39.2 Å². The number of nitrogens with zero attached hydrogens (tertiary/aromatic N) is 5. The van der Waals surface area contributed by atoms with Gasteiger partial charge in [0, 0.05) is 19.2 Å². The zero-order chi connectivity index (χ0) is 13.5. The highest BCUT2D eigenvalue weighted by Crippen LogP contribution is 2.14. The van der Waals surface area contributed by atoms with Gasteiger partial charge in [-0.3, -0.25) is 4.68 Å². The molecule has 0 radical (unpaired) electrons. The van der Waals surface area contributed by atoms with Crippen LogP contribution in [0.15, 0.2) is 24.9 Å². The molecular formula is C13H20N6. The normalized spacial score (nSPS) is 12.5. The maximum absolute atomic E-state index is 4.35. The summed E-state index contributed by atoms with van der Waals surface area (Å²) >= 11 is 0. The van der Waals surface area contributed by atoms with Crippen LogP contribution in [0.25, 0.3) is 0 Å². The summed E-state index contributed by atoms with van der Waals surface area (Å²) in [6.07, 6.45) is 6.80. The molecule has 2 heterocycles. The number of aryl methyl sites for hydroxylation is 1. The number of hydrogen-bond donors (Lipinski definition) is 1. The molecule has 2 aromatic heterocycles. The quantitative estimate of drug-likeness (QED) is 0.814. The molecule has 0 saturated heterocycles. The zero-order valence-corrected chi connectivity index (χ0v) is 11.5. The third-order valence-corrected chi connectivity index (χ3v) is 2.93. The van der Waals surface area contributed by atoms with Gasteiger partial charge >= 0.3 is 0 Å². The van der Waals surface area contributed by atoms with Gasteiger partial charge in [0.1, 0.15) is 18.5 Å². The first-order valence-corrected chi connectivity index (χ1v) is 6.71. The molecule has 0 aliphatic rings. The first-order valence-electron chi connectivity index (χ1n) is 6.71. The highest BCUT2D eigenvalue weighted by atomic mass is 15.3. The standard InChI is InChI=1S/C13H20N6/c1-3-7-19-13(17-10-18-19)8-12(15-4-2)11-5-6-14-9-16-11/h5-6,9-10,12,15H,3-4,7-8H2,1-2H3. The average Bonchev–Trinajstić information content (AvgIpc) is 2.87. The van der Waals surface area contributed by atoms with E-state index < -0.39 is 0 Å². The minimum Gasteiger partial charge on any atom is -0.309 e. The molecule has 6 heteroatoms. The molecule has 102 valence electrons. The van der Waals surface area contributed by atoms with Crippen LogP contribution in [0, 0.1) is 0 Å². The summed E-state index contributed by atoms with van der Waals surface area (Å²) in [6, 6.07) is 2.08. The molecule has 19 heavy (non-hydrogen) atoms. The number of nitrogens with one attached hydrogen (secondary N) is 1. The smallest absolute Gasteiger partial charge is 0.138 e. The van der Waals surface area contributed by atoms with E-state index in [1.165, 1.54) is 0 Å². The Morgan fingerprint density at radius 2 is 2.16 bits per heavy atom. The minimum atomic E-state index is 0.146. The van der Waals surface area contributed by atoms with Crippen LogP contribution < -0.4 is 5.32 Å². The predicted octanol–water partition coefficient (Wildman–Crippen LogP) is 1.37. The van der Waals surface area contributed by atoms with Crippen LogP contribution in [0.5, 0.6) is 0 Å². The molecule has 0 fully saturated rings. The van der Waals surface area contributed by atoms with Gasteiger partial charge < -0.3 is 5.32 Å². The van der Waals surface area contributed by atoms with Crippen molar-refractivity contribution in [1.29, 1.82) is 0 Å². The van der Waals surface area contributed by atoms with Crippen LogP contribution in [0.2, 0.25) is 0 Å². The van der Waals surface area contributed by atoms with Crippen molar-refractivity contribution in [2.45, 2.75) is 39.3 Å². The Labute approximate surface area is 113 Å². The van der Waals surface area contributed by atoms with E-state index in [4.69, 9.17) is 0 Å². The molecule has 2 aromatic rings. The Balaban J connectivity index is 2.14. The molecule has 1 unspecified atom stereocenters. The van der Waals surface area contributed by atoms with E-state index in [0.717, 1.165) is 37.4 Å². The van der Waals surface area contributed by atoms with Crippen molar-refractivity contribution in [3.63, 3.8) is 0 Å². The highest BCUT2D eigenvalue weighted by Gasteiger charge is 2.15. The summed E-state index contributed by atoms with van der Waals surface area (Å²) in [5.41, 5.74) is 0.989. The molecule has 0 amide bonds. The van der Waals surface area contributed by atoms with E-state index in [-0.39, 0.29) is 6.04 Å². The second-order valence-electron chi connectivity index (χ2n) is 4.35. The zero-order valence-electron chi connectivity index (χ0n) is 11.5. The fourth-order valence-corrected chi connectivity index (χ4v) is 2.06. The number of rotatable bonds is 7. The van der Waals surface area contributed by atoms with E-state index in [1.807, 2.05) is 10.7 Å². The van der Waals surface area contributed by atoms with Crippen molar-refractivity contribution < 1.29 is 0 Å². The summed E-state index contributed by atoms with van der Waals surface area (Å²) in [4.78, 5) is 12.6. The fourth-order valence-electron chi connectivity index (χ4n) is 2.06. The van der Waals surface area contributed by atoms with Crippen molar-refractivity contribution in [3.05, 3.63) is 36.4 Å². The maximum atomic E-state index is 4.35. The van der Waals surface area contributed by atoms with Gasteiger partial charge in [0.05, 0.1) is 11.7 Å². The molecule has 0 spiro atoms. The van der Waals surface area contributed by atoms with E-state index in [0.29, 0.717) is 0 Å². The lowest BCUT2D eigenvalue weighted by Gasteiger charge is -2.17.